The van der Waals surface area contributed by atoms with E-state index >= 15 is 0 Å². The van der Waals surface area contributed by atoms with Crippen molar-refractivity contribution < 1.29 is 9.57 Å². The van der Waals surface area contributed by atoms with Crippen LogP contribution in [0.4, 0.5) is 0 Å². The van der Waals surface area contributed by atoms with E-state index in [1.165, 1.54) is 0 Å². The summed E-state index contributed by atoms with van der Waals surface area (Å²) in [6.07, 6.45) is 1.06. The number of nitrogens with zero attached hydrogens (tertiary/aromatic N) is 1. The first-order valence-corrected chi connectivity index (χ1v) is 3.73. The maximum absolute atomic E-state index is 5.20. The van der Waals surface area contributed by atoms with Gasteiger partial charge >= 0.3 is 0 Å². The number of hydroxylamine groups is 2. The van der Waals surface area contributed by atoms with E-state index in [4.69, 9.17) is 9.57 Å². The van der Waals surface area contributed by atoms with Crippen molar-refractivity contribution >= 4 is 0 Å². The Balaban J connectivity index is 2.97. The highest BCUT2D eigenvalue weighted by molar-refractivity contribution is 4.24. The standard InChI is InChI=1S/C7H17NO2/c1-4-6-9-7-8(3)10-5-2/h4-7H2,1-3H3. The number of rotatable bonds is 6. The van der Waals surface area contributed by atoms with Crippen molar-refractivity contribution in [2.75, 3.05) is 27.0 Å². The van der Waals surface area contributed by atoms with E-state index in [1.54, 1.807) is 5.06 Å². The molecule has 62 valence electrons. The lowest BCUT2D eigenvalue weighted by atomic mass is 10.5. The Labute approximate surface area is 62.9 Å². The van der Waals surface area contributed by atoms with Crippen LogP contribution in [0.3, 0.4) is 0 Å². The molecule has 0 aromatic heterocycles. The Kier molecular flexibility index (Phi) is 6.91. The van der Waals surface area contributed by atoms with Crippen LogP contribution in [-0.4, -0.2) is 32.1 Å². The second kappa shape index (κ2) is 6.99. The molecule has 3 nitrogen and oxygen atoms in total. The Morgan fingerprint density at radius 2 is 2.00 bits per heavy atom. The molecule has 0 bridgehead atoms. The number of hydrogen-bond donors (Lipinski definition) is 0. The van der Waals surface area contributed by atoms with E-state index in [0.717, 1.165) is 13.0 Å². The van der Waals surface area contributed by atoms with Crippen molar-refractivity contribution in [2.24, 2.45) is 0 Å². The molecule has 0 unspecified atom stereocenters. The van der Waals surface area contributed by atoms with Crippen molar-refractivity contribution in [3.8, 4) is 0 Å². The third-order valence-electron chi connectivity index (χ3n) is 0.971. The van der Waals surface area contributed by atoms with Gasteiger partial charge in [-0.2, -0.15) is 5.06 Å². The van der Waals surface area contributed by atoms with E-state index in [2.05, 4.69) is 6.92 Å². The summed E-state index contributed by atoms with van der Waals surface area (Å²) in [6.45, 7) is 6.10. The molecule has 0 saturated carbocycles. The first-order chi connectivity index (χ1) is 4.81. The fourth-order valence-electron chi connectivity index (χ4n) is 0.595. The monoisotopic (exact) mass is 147 g/mol. The summed E-state index contributed by atoms with van der Waals surface area (Å²) in [5.74, 6) is 0. The zero-order valence-corrected chi connectivity index (χ0v) is 7.09. The average Bonchev–Trinajstić information content (AvgIpc) is 1.89. The topological polar surface area (TPSA) is 21.7 Å². The molecule has 3 heteroatoms. The van der Waals surface area contributed by atoms with Crippen molar-refractivity contribution in [2.45, 2.75) is 20.3 Å². The molecule has 0 aliphatic heterocycles. The van der Waals surface area contributed by atoms with Crippen molar-refractivity contribution in [1.29, 1.82) is 0 Å². The van der Waals surface area contributed by atoms with Gasteiger partial charge < -0.3 is 4.74 Å². The van der Waals surface area contributed by atoms with Gasteiger partial charge in [-0.05, 0) is 13.3 Å². The molecule has 0 atom stereocenters. The zero-order chi connectivity index (χ0) is 7.82. The van der Waals surface area contributed by atoms with E-state index in [1.807, 2.05) is 14.0 Å². The van der Waals surface area contributed by atoms with Crippen molar-refractivity contribution in [3.63, 3.8) is 0 Å². The molecule has 0 heterocycles. The van der Waals surface area contributed by atoms with Crippen LogP contribution in [0.25, 0.3) is 0 Å². The lowest BCUT2D eigenvalue weighted by Crippen LogP contribution is -2.22. The highest BCUT2D eigenvalue weighted by atomic mass is 16.7. The van der Waals surface area contributed by atoms with Gasteiger partial charge in [0.2, 0.25) is 0 Å². The highest BCUT2D eigenvalue weighted by Crippen LogP contribution is 1.86. The molecule has 0 spiro atoms. The summed E-state index contributed by atoms with van der Waals surface area (Å²) in [4.78, 5) is 5.10. The van der Waals surface area contributed by atoms with Gasteiger partial charge in [0, 0.05) is 13.7 Å². The Morgan fingerprint density at radius 1 is 1.30 bits per heavy atom. The molecule has 0 radical (unpaired) electrons. The summed E-state index contributed by atoms with van der Waals surface area (Å²) in [5, 5.41) is 1.69. The van der Waals surface area contributed by atoms with E-state index in [-0.39, 0.29) is 0 Å². The van der Waals surface area contributed by atoms with Gasteiger partial charge in [-0.15, -0.1) is 0 Å². The van der Waals surface area contributed by atoms with Crippen LogP contribution in [-0.2, 0) is 9.57 Å². The number of ether oxygens (including phenoxy) is 1. The second-order valence-electron chi connectivity index (χ2n) is 2.08. The fraction of sp³-hybridized carbons (Fsp3) is 1.00. The predicted octanol–water partition coefficient (Wildman–Crippen LogP) is 1.25. The van der Waals surface area contributed by atoms with Gasteiger partial charge in [-0.1, -0.05) is 6.92 Å². The Morgan fingerprint density at radius 3 is 2.50 bits per heavy atom. The minimum absolute atomic E-state index is 0.557. The average molecular weight is 147 g/mol. The second-order valence-corrected chi connectivity index (χ2v) is 2.08. The normalized spacial score (nSPS) is 10.8. The Hall–Kier alpha value is -0.120. The van der Waals surface area contributed by atoms with Gasteiger partial charge in [-0.3, -0.25) is 4.84 Å². The van der Waals surface area contributed by atoms with E-state index < -0.39 is 0 Å². The summed E-state index contributed by atoms with van der Waals surface area (Å²) in [5.41, 5.74) is 0. The SMILES string of the molecule is CCCOCN(C)OCC. The lowest BCUT2D eigenvalue weighted by Gasteiger charge is -2.14. The van der Waals surface area contributed by atoms with Crippen LogP contribution in [0.15, 0.2) is 0 Å². The van der Waals surface area contributed by atoms with Gasteiger partial charge in [-0.25, -0.2) is 0 Å². The predicted molar refractivity (Wildman–Crippen MR) is 40.5 cm³/mol. The molecular weight excluding hydrogens is 130 g/mol. The molecule has 0 fully saturated rings. The molecule has 0 aromatic rings. The minimum atomic E-state index is 0.557. The van der Waals surface area contributed by atoms with Crippen LogP contribution in [0, 0.1) is 0 Å². The molecule has 0 N–H and O–H groups in total. The third kappa shape index (κ3) is 6.01. The molecule has 0 aliphatic carbocycles. The lowest BCUT2D eigenvalue weighted by molar-refractivity contribution is -0.187. The quantitative estimate of drug-likeness (QED) is 0.320. The summed E-state index contributed by atoms with van der Waals surface area (Å²) in [7, 11) is 1.86. The smallest absolute Gasteiger partial charge is 0.122 e. The molecule has 0 amide bonds. The zero-order valence-electron chi connectivity index (χ0n) is 7.09. The Bertz CT molecular complexity index is 68.6. The van der Waals surface area contributed by atoms with E-state index in [9.17, 15) is 0 Å². The third-order valence-corrected chi connectivity index (χ3v) is 0.971. The first kappa shape index (κ1) is 9.88. The molecular formula is C7H17NO2. The summed E-state index contributed by atoms with van der Waals surface area (Å²) < 4.78 is 5.20. The van der Waals surface area contributed by atoms with Crippen molar-refractivity contribution in [3.05, 3.63) is 0 Å². The van der Waals surface area contributed by atoms with Gasteiger partial charge in [0.1, 0.15) is 6.73 Å². The minimum Gasteiger partial charge on any atom is -0.364 e. The fourth-order valence-corrected chi connectivity index (χ4v) is 0.595. The molecule has 10 heavy (non-hydrogen) atoms. The first-order valence-electron chi connectivity index (χ1n) is 3.73. The molecule has 0 saturated heterocycles. The van der Waals surface area contributed by atoms with Crippen LogP contribution < -0.4 is 0 Å². The van der Waals surface area contributed by atoms with Gasteiger partial charge in [0.05, 0.1) is 6.61 Å². The molecule has 0 rings (SSSR count). The molecule has 0 aliphatic rings. The van der Waals surface area contributed by atoms with Crippen LogP contribution >= 0.6 is 0 Å². The van der Waals surface area contributed by atoms with Crippen LogP contribution in [0.1, 0.15) is 20.3 Å². The summed E-state index contributed by atoms with van der Waals surface area (Å²) >= 11 is 0. The van der Waals surface area contributed by atoms with Crippen LogP contribution in [0.5, 0.6) is 0 Å². The highest BCUT2D eigenvalue weighted by Gasteiger charge is 1.93. The van der Waals surface area contributed by atoms with Gasteiger partial charge in [0.25, 0.3) is 0 Å². The largest absolute Gasteiger partial charge is 0.364 e. The maximum atomic E-state index is 5.20. The van der Waals surface area contributed by atoms with Crippen LogP contribution in [0.2, 0.25) is 0 Å². The maximum Gasteiger partial charge on any atom is 0.122 e. The van der Waals surface area contributed by atoms with Gasteiger partial charge in [0.15, 0.2) is 0 Å². The van der Waals surface area contributed by atoms with E-state index in [0.29, 0.717) is 13.3 Å². The number of hydrogen-bond acceptors (Lipinski definition) is 3. The molecule has 0 aromatic carbocycles. The van der Waals surface area contributed by atoms with Crippen molar-refractivity contribution in [1.82, 2.24) is 5.06 Å². The summed E-state index contributed by atoms with van der Waals surface area (Å²) in [6, 6.07) is 0.